The number of thiazole rings is 1. The van der Waals surface area contributed by atoms with E-state index in [9.17, 15) is 0 Å². The third-order valence-electron chi connectivity index (χ3n) is 2.38. The van der Waals surface area contributed by atoms with Crippen LogP contribution in [0.15, 0.2) is 18.2 Å². The fourth-order valence-electron chi connectivity index (χ4n) is 1.49. The van der Waals surface area contributed by atoms with E-state index in [0.717, 1.165) is 23.7 Å². The highest BCUT2D eigenvalue weighted by Crippen LogP contribution is 2.26. The molecule has 0 spiro atoms. The molecule has 1 aromatic heterocycles. The zero-order valence-electron chi connectivity index (χ0n) is 11.9. The highest BCUT2D eigenvalue weighted by atomic mass is 32.1. The first kappa shape index (κ1) is 14.9. The van der Waals surface area contributed by atoms with Gasteiger partial charge in [-0.2, -0.15) is 0 Å². The van der Waals surface area contributed by atoms with E-state index in [1.165, 1.54) is 10.3 Å². The van der Waals surface area contributed by atoms with Crippen molar-refractivity contribution in [3.05, 3.63) is 23.8 Å². The van der Waals surface area contributed by atoms with Gasteiger partial charge in [0.25, 0.3) is 0 Å². The molecule has 2 aromatic rings. The summed E-state index contributed by atoms with van der Waals surface area (Å²) in [5.74, 6) is 0. The van der Waals surface area contributed by atoms with Gasteiger partial charge in [-0.05, 0) is 38.7 Å². The molecule has 1 N–H and O–H groups in total. The van der Waals surface area contributed by atoms with Crippen LogP contribution in [0.1, 0.15) is 19.4 Å². The van der Waals surface area contributed by atoms with Crippen LogP contribution in [0.2, 0.25) is 0 Å². The molecule has 0 aliphatic carbocycles. The molecule has 18 heavy (non-hydrogen) atoms. The molecule has 0 atom stereocenters. The summed E-state index contributed by atoms with van der Waals surface area (Å²) >= 11 is 1.72. The molecule has 0 aliphatic rings. The van der Waals surface area contributed by atoms with Crippen LogP contribution in [0.5, 0.6) is 0 Å². The predicted octanol–water partition coefficient (Wildman–Crippen LogP) is 3.60. The number of fused-ring (bicyclic) bond motifs is 1. The summed E-state index contributed by atoms with van der Waals surface area (Å²) in [6, 6.07) is 6.37. The molecule has 0 aliphatic heterocycles. The standard InChI is InChI=1S/C12H17N3S.C2H6/c1-9-4-5-10-11(8-9)16-12(14-10)13-6-7-15(2)3;1-2/h4-5,8H,6-7H2,1-3H3,(H,13,14);1-2H3. The van der Waals surface area contributed by atoms with Crippen molar-refractivity contribution in [3.63, 3.8) is 0 Å². The van der Waals surface area contributed by atoms with Crippen molar-refractivity contribution in [3.8, 4) is 0 Å². The summed E-state index contributed by atoms with van der Waals surface area (Å²) in [4.78, 5) is 6.70. The van der Waals surface area contributed by atoms with Crippen molar-refractivity contribution in [1.82, 2.24) is 9.88 Å². The van der Waals surface area contributed by atoms with Crippen molar-refractivity contribution >= 4 is 26.7 Å². The molecule has 0 bridgehead atoms. The van der Waals surface area contributed by atoms with Crippen LogP contribution in [0.3, 0.4) is 0 Å². The summed E-state index contributed by atoms with van der Waals surface area (Å²) in [5, 5.41) is 4.37. The molecular weight excluding hydrogens is 242 g/mol. The normalized spacial score (nSPS) is 10.3. The zero-order valence-corrected chi connectivity index (χ0v) is 12.8. The lowest BCUT2D eigenvalue weighted by molar-refractivity contribution is 0.425. The lowest BCUT2D eigenvalue weighted by atomic mass is 10.2. The molecule has 0 saturated carbocycles. The minimum Gasteiger partial charge on any atom is -0.360 e. The number of anilines is 1. The largest absolute Gasteiger partial charge is 0.360 e. The quantitative estimate of drug-likeness (QED) is 0.915. The monoisotopic (exact) mass is 265 g/mol. The Morgan fingerprint density at radius 1 is 1.28 bits per heavy atom. The van der Waals surface area contributed by atoms with Gasteiger partial charge in [0.15, 0.2) is 5.13 Å². The Labute approximate surface area is 114 Å². The molecule has 0 amide bonds. The van der Waals surface area contributed by atoms with Crippen LogP contribution in [-0.4, -0.2) is 37.1 Å². The molecule has 4 heteroatoms. The van der Waals surface area contributed by atoms with Crippen LogP contribution in [-0.2, 0) is 0 Å². The molecule has 1 heterocycles. The van der Waals surface area contributed by atoms with Gasteiger partial charge in [-0.25, -0.2) is 4.98 Å². The third-order valence-corrected chi connectivity index (χ3v) is 3.36. The predicted molar refractivity (Wildman–Crippen MR) is 82.7 cm³/mol. The second kappa shape index (κ2) is 7.34. The topological polar surface area (TPSA) is 28.2 Å². The third kappa shape index (κ3) is 4.27. The summed E-state index contributed by atoms with van der Waals surface area (Å²) in [6.45, 7) is 8.07. The maximum atomic E-state index is 4.54. The number of hydrogen-bond donors (Lipinski definition) is 1. The number of rotatable bonds is 4. The number of nitrogens with zero attached hydrogens (tertiary/aromatic N) is 2. The maximum absolute atomic E-state index is 4.54. The van der Waals surface area contributed by atoms with Gasteiger partial charge in [-0.3, -0.25) is 0 Å². The zero-order chi connectivity index (χ0) is 13.5. The molecule has 100 valence electrons. The van der Waals surface area contributed by atoms with Gasteiger partial charge >= 0.3 is 0 Å². The Hall–Kier alpha value is -1.13. The van der Waals surface area contributed by atoms with Gasteiger partial charge in [0.05, 0.1) is 10.2 Å². The second-order valence-electron chi connectivity index (χ2n) is 4.22. The summed E-state index contributed by atoms with van der Waals surface area (Å²) in [6.07, 6.45) is 0. The highest BCUT2D eigenvalue weighted by Gasteiger charge is 2.02. The summed E-state index contributed by atoms with van der Waals surface area (Å²) in [7, 11) is 4.15. The van der Waals surface area contributed by atoms with Crippen molar-refractivity contribution in [2.45, 2.75) is 20.8 Å². The van der Waals surface area contributed by atoms with Gasteiger partial charge in [-0.1, -0.05) is 31.3 Å². The Bertz CT molecular complexity index is 477. The summed E-state index contributed by atoms with van der Waals surface area (Å²) in [5.41, 5.74) is 2.37. The van der Waals surface area contributed by atoms with Crippen LogP contribution < -0.4 is 5.32 Å². The van der Waals surface area contributed by atoms with E-state index in [2.05, 4.69) is 54.4 Å². The lowest BCUT2D eigenvalue weighted by Gasteiger charge is -2.08. The van der Waals surface area contributed by atoms with E-state index < -0.39 is 0 Å². The SMILES string of the molecule is CC.Cc1ccc2nc(NCCN(C)C)sc2c1. The van der Waals surface area contributed by atoms with E-state index in [4.69, 9.17) is 0 Å². The lowest BCUT2D eigenvalue weighted by Crippen LogP contribution is -2.20. The molecule has 0 saturated heterocycles. The van der Waals surface area contributed by atoms with Crippen molar-refractivity contribution < 1.29 is 0 Å². The number of hydrogen-bond acceptors (Lipinski definition) is 4. The molecule has 2 rings (SSSR count). The fraction of sp³-hybridized carbons (Fsp3) is 0.500. The van der Waals surface area contributed by atoms with E-state index in [-0.39, 0.29) is 0 Å². The average Bonchev–Trinajstić information content (AvgIpc) is 2.73. The molecular formula is C14H23N3S. The van der Waals surface area contributed by atoms with Crippen LogP contribution in [0, 0.1) is 6.92 Å². The number of aromatic nitrogens is 1. The fourth-order valence-corrected chi connectivity index (χ4v) is 2.48. The Morgan fingerprint density at radius 3 is 2.67 bits per heavy atom. The van der Waals surface area contributed by atoms with Gasteiger partial charge in [0.2, 0.25) is 0 Å². The van der Waals surface area contributed by atoms with E-state index >= 15 is 0 Å². The Morgan fingerprint density at radius 2 is 2.00 bits per heavy atom. The summed E-state index contributed by atoms with van der Waals surface area (Å²) < 4.78 is 1.26. The van der Waals surface area contributed by atoms with Crippen molar-refractivity contribution in [2.24, 2.45) is 0 Å². The Kier molecular flexibility index (Phi) is 6.09. The van der Waals surface area contributed by atoms with Crippen LogP contribution >= 0.6 is 11.3 Å². The molecule has 1 aromatic carbocycles. The van der Waals surface area contributed by atoms with Crippen molar-refractivity contribution in [2.75, 3.05) is 32.5 Å². The van der Waals surface area contributed by atoms with Gasteiger partial charge < -0.3 is 10.2 Å². The molecule has 0 unspecified atom stereocenters. The number of benzene rings is 1. The van der Waals surface area contributed by atoms with Gasteiger partial charge in [0, 0.05) is 13.1 Å². The minimum atomic E-state index is 0.936. The number of likely N-dealkylation sites (N-methyl/N-ethyl adjacent to an activating group) is 1. The maximum Gasteiger partial charge on any atom is 0.183 e. The first-order valence-corrected chi connectivity index (χ1v) is 7.22. The Balaban J connectivity index is 0.000000771. The highest BCUT2D eigenvalue weighted by molar-refractivity contribution is 7.22. The van der Waals surface area contributed by atoms with E-state index in [1.807, 2.05) is 13.8 Å². The van der Waals surface area contributed by atoms with Crippen molar-refractivity contribution in [1.29, 1.82) is 0 Å². The van der Waals surface area contributed by atoms with Gasteiger partial charge in [0.1, 0.15) is 0 Å². The second-order valence-corrected chi connectivity index (χ2v) is 5.25. The first-order valence-electron chi connectivity index (χ1n) is 6.41. The first-order chi connectivity index (χ1) is 8.65. The van der Waals surface area contributed by atoms with E-state index in [1.54, 1.807) is 11.3 Å². The van der Waals surface area contributed by atoms with Gasteiger partial charge in [-0.15, -0.1) is 0 Å². The van der Waals surface area contributed by atoms with E-state index in [0.29, 0.717) is 0 Å². The molecule has 3 nitrogen and oxygen atoms in total. The number of aryl methyl sites for hydroxylation is 1. The minimum absolute atomic E-state index is 0.936. The smallest absolute Gasteiger partial charge is 0.183 e. The average molecular weight is 265 g/mol. The molecule has 0 fully saturated rings. The number of nitrogens with one attached hydrogen (secondary N) is 1. The molecule has 0 radical (unpaired) electrons. The van der Waals surface area contributed by atoms with Crippen LogP contribution in [0.25, 0.3) is 10.2 Å². The van der Waals surface area contributed by atoms with Crippen LogP contribution in [0.4, 0.5) is 5.13 Å².